The zero-order chi connectivity index (χ0) is 12.4. The number of aromatic nitrogens is 2. The first-order valence-corrected chi connectivity index (χ1v) is 6.85. The van der Waals surface area contributed by atoms with Crippen molar-refractivity contribution in [3.63, 3.8) is 0 Å². The molecule has 3 aromatic rings. The quantitative estimate of drug-likeness (QED) is 0.779. The molecule has 0 bridgehead atoms. The Morgan fingerprint density at radius 3 is 3.11 bits per heavy atom. The molecule has 2 aromatic heterocycles. The summed E-state index contributed by atoms with van der Waals surface area (Å²) in [5.74, 6) is 0. The molecule has 0 radical (unpaired) electrons. The Morgan fingerprint density at radius 2 is 2.22 bits per heavy atom. The van der Waals surface area contributed by atoms with Crippen molar-refractivity contribution in [1.82, 2.24) is 14.9 Å². The third kappa shape index (κ3) is 2.17. The molecule has 0 aliphatic carbocycles. The van der Waals surface area contributed by atoms with Crippen LogP contribution < -0.4 is 5.32 Å². The number of benzene rings is 1. The zero-order valence-corrected chi connectivity index (χ0v) is 11.1. The van der Waals surface area contributed by atoms with Crippen LogP contribution in [0.1, 0.15) is 11.3 Å². The molecule has 92 valence electrons. The minimum absolute atomic E-state index is 0.817. The second-order valence-electron chi connectivity index (χ2n) is 4.32. The predicted molar refractivity (Wildman–Crippen MR) is 75.9 cm³/mol. The molecule has 0 amide bonds. The molecule has 1 aromatic carbocycles. The van der Waals surface area contributed by atoms with E-state index in [1.54, 1.807) is 11.3 Å². The molecule has 4 heteroatoms. The lowest BCUT2D eigenvalue weighted by atomic mass is 10.2. The van der Waals surface area contributed by atoms with Crippen molar-refractivity contribution in [2.24, 2.45) is 0 Å². The van der Waals surface area contributed by atoms with Crippen LogP contribution >= 0.6 is 11.3 Å². The minimum atomic E-state index is 0.817. The van der Waals surface area contributed by atoms with E-state index in [0.29, 0.717) is 0 Å². The fourth-order valence-corrected chi connectivity index (χ4v) is 3.07. The van der Waals surface area contributed by atoms with Crippen molar-refractivity contribution in [2.75, 3.05) is 7.05 Å². The van der Waals surface area contributed by atoms with E-state index in [9.17, 15) is 0 Å². The van der Waals surface area contributed by atoms with Crippen LogP contribution in [0.2, 0.25) is 0 Å². The third-order valence-electron chi connectivity index (χ3n) is 2.96. The number of nitrogens with one attached hydrogen (secondary N) is 1. The van der Waals surface area contributed by atoms with Crippen LogP contribution in [0.15, 0.2) is 42.2 Å². The highest BCUT2D eigenvalue weighted by atomic mass is 32.1. The maximum atomic E-state index is 4.37. The average molecular weight is 257 g/mol. The summed E-state index contributed by atoms with van der Waals surface area (Å²) in [6.07, 6.45) is 4.00. The van der Waals surface area contributed by atoms with E-state index in [1.165, 1.54) is 15.6 Å². The lowest BCUT2D eigenvalue weighted by Crippen LogP contribution is -2.05. The molecule has 0 unspecified atom stereocenters. The average Bonchev–Trinajstić information content (AvgIpc) is 2.99. The fraction of sp³-hybridized carbons (Fsp3) is 0.214. The Labute approximate surface area is 110 Å². The summed E-state index contributed by atoms with van der Waals surface area (Å²) in [6, 6.07) is 8.54. The molecular formula is C14H15N3S. The van der Waals surface area contributed by atoms with Gasteiger partial charge in [-0.3, -0.25) is 0 Å². The van der Waals surface area contributed by atoms with Gasteiger partial charge >= 0.3 is 0 Å². The lowest BCUT2D eigenvalue weighted by Gasteiger charge is -2.00. The molecule has 3 rings (SSSR count). The molecule has 18 heavy (non-hydrogen) atoms. The summed E-state index contributed by atoms with van der Waals surface area (Å²) < 4.78 is 3.49. The van der Waals surface area contributed by atoms with Gasteiger partial charge in [0.1, 0.15) is 0 Å². The predicted octanol–water partition coefficient (Wildman–Crippen LogP) is 2.87. The first-order valence-electron chi connectivity index (χ1n) is 5.97. The molecule has 0 aliphatic rings. The summed E-state index contributed by atoms with van der Waals surface area (Å²) in [7, 11) is 1.94. The highest BCUT2D eigenvalue weighted by molar-refractivity contribution is 7.17. The third-order valence-corrected chi connectivity index (χ3v) is 3.97. The highest BCUT2D eigenvalue weighted by Crippen LogP contribution is 2.26. The smallest absolute Gasteiger partial charge is 0.0953 e. The van der Waals surface area contributed by atoms with E-state index in [4.69, 9.17) is 0 Å². The van der Waals surface area contributed by atoms with Crippen LogP contribution in [-0.4, -0.2) is 16.6 Å². The first kappa shape index (κ1) is 11.4. The Bertz CT molecular complexity index is 654. The van der Waals surface area contributed by atoms with Crippen molar-refractivity contribution in [3.8, 4) is 0 Å². The molecular weight excluding hydrogens is 242 g/mol. The molecule has 1 N–H and O–H groups in total. The van der Waals surface area contributed by atoms with Crippen molar-refractivity contribution in [2.45, 2.75) is 13.1 Å². The van der Waals surface area contributed by atoms with E-state index in [-0.39, 0.29) is 0 Å². The normalized spacial score (nSPS) is 11.2. The van der Waals surface area contributed by atoms with E-state index >= 15 is 0 Å². The summed E-state index contributed by atoms with van der Waals surface area (Å²) in [5, 5.41) is 6.70. The van der Waals surface area contributed by atoms with E-state index < -0.39 is 0 Å². The zero-order valence-electron chi connectivity index (χ0n) is 10.3. The monoisotopic (exact) mass is 257 g/mol. The maximum absolute atomic E-state index is 4.37. The molecule has 3 nitrogen and oxygen atoms in total. The Morgan fingerprint density at radius 1 is 1.33 bits per heavy atom. The second kappa shape index (κ2) is 4.92. The van der Waals surface area contributed by atoms with Crippen molar-refractivity contribution in [1.29, 1.82) is 0 Å². The number of fused-ring (bicyclic) bond motifs is 1. The van der Waals surface area contributed by atoms with Crippen LogP contribution in [0, 0.1) is 0 Å². The largest absolute Gasteiger partial charge is 0.333 e. The number of thiophene rings is 1. The van der Waals surface area contributed by atoms with Crippen LogP contribution in [0.3, 0.4) is 0 Å². The Kier molecular flexibility index (Phi) is 3.13. The number of rotatable bonds is 4. The topological polar surface area (TPSA) is 29.9 Å². The van der Waals surface area contributed by atoms with E-state index in [2.05, 4.69) is 50.7 Å². The number of nitrogens with zero attached hydrogens (tertiary/aromatic N) is 2. The molecule has 0 aliphatic heterocycles. The van der Waals surface area contributed by atoms with Crippen molar-refractivity contribution in [3.05, 3.63) is 53.4 Å². The van der Waals surface area contributed by atoms with Gasteiger partial charge in [0.25, 0.3) is 0 Å². The Balaban J connectivity index is 1.87. The van der Waals surface area contributed by atoms with Gasteiger partial charge in [-0.15, -0.1) is 11.3 Å². The van der Waals surface area contributed by atoms with Crippen LogP contribution in [0.25, 0.3) is 10.1 Å². The number of hydrogen-bond donors (Lipinski definition) is 1. The Hall–Kier alpha value is -1.65. The summed E-state index contributed by atoms with van der Waals surface area (Å²) >= 11 is 1.80. The number of hydrogen-bond acceptors (Lipinski definition) is 3. The van der Waals surface area contributed by atoms with E-state index in [1.807, 2.05) is 13.4 Å². The van der Waals surface area contributed by atoms with Gasteiger partial charge in [-0.25, -0.2) is 4.98 Å². The van der Waals surface area contributed by atoms with Crippen molar-refractivity contribution >= 4 is 21.4 Å². The molecule has 2 heterocycles. The van der Waals surface area contributed by atoms with Crippen LogP contribution in [0.5, 0.6) is 0 Å². The molecule has 0 atom stereocenters. The summed E-state index contributed by atoms with van der Waals surface area (Å²) in [6.45, 7) is 1.71. The van der Waals surface area contributed by atoms with Gasteiger partial charge in [-0.1, -0.05) is 18.2 Å². The van der Waals surface area contributed by atoms with Gasteiger partial charge in [0.2, 0.25) is 0 Å². The standard InChI is InChI=1S/C14H15N3S/c1-15-6-12-8-17(10-16-12)7-11-9-18-14-5-3-2-4-13(11)14/h2-5,8-10,15H,6-7H2,1H3. The second-order valence-corrected chi connectivity index (χ2v) is 5.24. The summed E-state index contributed by atoms with van der Waals surface area (Å²) in [4.78, 5) is 4.37. The lowest BCUT2D eigenvalue weighted by molar-refractivity contribution is 0.785. The molecule has 0 saturated carbocycles. The molecule has 0 spiro atoms. The van der Waals surface area contributed by atoms with Crippen molar-refractivity contribution < 1.29 is 0 Å². The molecule has 0 fully saturated rings. The highest BCUT2D eigenvalue weighted by Gasteiger charge is 2.04. The first-order chi connectivity index (χ1) is 8.86. The SMILES string of the molecule is CNCc1cn(Cc2csc3ccccc23)cn1. The van der Waals surface area contributed by atoms with Crippen LogP contribution in [0.4, 0.5) is 0 Å². The van der Waals surface area contributed by atoms with E-state index in [0.717, 1.165) is 18.8 Å². The van der Waals surface area contributed by atoms with Crippen LogP contribution in [-0.2, 0) is 13.1 Å². The van der Waals surface area contributed by atoms with Gasteiger partial charge < -0.3 is 9.88 Å². The minimum Gasteiger partial charge on any atom is -0.333 e. The van der Waals surface area contributed by atoms with Gasteiger partial charge in [-0.05, 0) is 29.4 Å². The number of imidazole rings is 1. The van der Waals surface area contributed by atoms with Gasteiger partial charge in [-0.2, -0.15) is 0 Å². The molecule has 0 saturated heterocycles. The fourth-order valence-electron chi connectivity index (χ4n) is 2.12. The van der Waals surface area contributed by atoms with Gasteiger partial charge in [0.15, 0.2) is 0 Å². The summed E-state index contributed by atoms with van der Waals surface area (Å²) in [5.41, 5.74) is 2.45. The van der Waals surface area contributed by atoms with Gasteiger partial charge in [0.05, 0.1) is 12.0 Å². The van der Waals surface area contributed by atoms with Gasteiger partial charge in [0, 0.05) is 24.0 Å². The maximum Gasteiger partial charge on any atom is 0.0953 e.